The van der Waals surface area contributed by atoms with Gasteiger partial charge in [-0.1, -0.05) is 40.2 Å². The van der Waals surface area contributed by atoms with Gasteiger partial charge in [0.1, 0.15) is 11.6 Å². The van der Waals surface area contributed by atoms with E-state index in [2.05, 4.69) is 111 Å². The number of hydrogen-bond acceptors (Lipinski definition) is 5. The van der Waals surface area contributed by atoms with Crippen LogP contribution in [0.2, 0.25) is 0 Å². The van der Waals surface area contributed by atoms with Crippen molar-refractivity contribution in [2.24, 2.45) is 0 Å². The number of imidazole rings is 2. The van der Waals surface area contributed by atoms with Crippen molar-refractivity contribution in [2.45, 2.75) is 51.6 Å². The van der Waals surface area contributed by atoms with Gasteiger partial charge >= 0.3 is 0 Å². The largest absolute Gasteiger partial charge is 0.381 e. The quantitative estimate of drug-likeness (QED) is 0.187. The summed E-state index contributed by atoms with van der Waals surface area (Å²) in [5, 5.41) is 1.31. The number of rotatable bonds is 3. The number of hydrogen-bond donors (Lipinski definition) is 0. The molecule has 0 spiro atoms. The lowest BCUT2D eigenvalue weighted by Gasteiger charge is -2.25. The highest BCUT2D eigenvalue weighted by Gasteiger charge is 2.21. The van der Waals surface area contributed by atoms with Crippen LogP contribution in [0.1, 0.15) is 49.4 Å². The molecule has 43 heavy (non-hydrogen) atoms. The third kappa shape index (κ3) is 6.13. The number of halogens is 2. The number of nitrogens with zero attached hydrogens (tertiary/aromatic N) is 4. The lowest BCUT2D eigenvalue weighted by molar-refractivity contribution is 0.0699. The van der Waals surface area contributed by atoms with Gasteiger partial charge in [0.2, 0.25) is 0 Å². The summed E-state index contributed by atoms with van der Waals surface area (Å²) in [6.45, 7) is 7.63. The Morgan fingerprint density at radius 3 is 1.88 bits per heavy atom. The minimum atomic E-state index is 0. The van der Waals surface area contributed by atoms with Gasteiger partial charge in [-0.25, -0.2) is 9.97 Å². The molecule has 224 valence electrons. The molecule has 0 saturated carbocycles. The third-order valence-electron chi connectivity index (χ3n) is 8.52. The molecule has 6 aromatic rings. The molecule has 0 radical (unpaired) electrons. The highest BCUT2D eigenvalue weighted by Crippen LogP contribution is 2.36. The van der Waals surface area contributed by atoms with Crippen molar-refractivity contribution in [2.75, 3.05) is 26.4 Å². The van der Waals surface area contributed by atoms with E-state index in [0.717, 1.165) is 79.3 Å². The predicted octanol–water partition coefficient (Wildman–Crippen LogP) is 9.46. The van der Waals surface area contributed by atoms with E-state index < -0.39 is 0 Å². The lowest BCUT2D eigenvalue weighted by Crippen LogP contribution is -2.20. The van der Waals surface area contributed by atoms with Crippen molar-refractivity contribution in [1.82, 2.24) is 19.1 Å². The summed E-state index contributed by atoms with van der Waals surface area (Å²) in [6.07, 6.45) is 4.32. The Balaban J connectivity index is 0.000000161. The van der Waals surface area contributed by atoms with Crippen molar-refractivity contribution in [3.63, 3.8) is 0 Å². The molecule has 0 aliphatic carbocycles. The minimum absolute atomic E-state index is 0. The van der Waals surface area contributed by atoms with Gasteiger partial charge < -0.3 is 18.6 Å². The normalized spacial score (nSPS) is 16.3. The summed E-state index contributed by atoms with van der Waals surface area (Å²) in [4.78, 5) is 10.8. The molecular weight excluding hydrogens is 644 g/mol. The Morgan fingerprint density at radius 1 is 0.721 bits per heavy atom. The zero-order chi connectivity index (χ0) is 28.6. The number of aryl methyl sites for hydroxylation is 2. The lowest BCUT2D eigenvalue weighted by atomic mass is 10.1. The number of ether oxygens (including phenoxy) is 2. The minimum Gasteiger partial charge on any atom is -0.381 e. The maximum Gasteiger partial charge on any atom is 0.106 e. The topological polar surface area (TPSA) is 54.1 Å². The smallest absolute Gasteiger partial charge is 0.106 e. The van der Waals surface area contributed by atoms with Gasteiger partial charge in [0.25, 0.3) is 0 Å². The van der Waals surface area contributed by atoms with Crippen LogP contribution in [0.4, 0.5) is 0 Å². The van der Waals surface area contributed by atoms with Gasteiger partial charge in [0.15, 0.2) is 0 Å². The molecule has 5 heterocycles. The summed E-state index contributed by atoms with van der Waals surface area (Å²) < 4.78 is 18.1. The van der Waals surface area contributed by atoms with Crippen LogP contribution in [-0.4, -0.2) is 45.5 Å². The van der Waals surface area contributed by atoms with E-state index in [4.69, 9.17) is 14.5 Å². The van der Waals surface area contributed by atoms with Crippen LogP contribution >= 0.6 is 39.7 Å². The summed E-state index contributed by atoms with van der Waals surface area (Å²) in [5.41, 5.74) is 5.90. The van der Waals surface area contributed by atoms with E-state index >= 15 is 0 Å². The van der Waals surface area contributed by atoms with E-state index in [1.807, 2.05) is 11.3 Å². The average Bonchev–Trinajstić information content (AvgIpc) is 3.69. The van der Waals surface area contributed by atoms with Crippen molar-refractivity contribution in [3.05, 3.63) is 82.9 Å². The highest BCUT2D eigenvalue weighted by molar-refractivity contribution is 9.10. The molecule has 0 bridgehead atoms. The molecule has 2 aliphatic heterocycles. The molecule has 2 aliphatic rings. The first-order valence-corrected chi connectivity index (χ1v) is 16.4. The SMILES string of the molecule is Cc1nc2cc(-c3cc4ccccc4s3)ccc2n1C1CCOCC1.Cc1nc2cc(Br)ccc2n1C1CCOCC1.Cl. The Kier molecular flexibility index (Phi) is 9.21. The molecule has 9 heteroatoms. The van der Waals surface area contributed by atoms with Gasteiger partial charge in [0, 0.05) is 52.6 Å². The summed E-state index contributed by atoms with van der Waals surface area (Å²) >= 11 is 5.34. The van der Waals surface area contributed by atoms with E-state index in [1.54, 1.807) is 0 Å². The molecule has 2 fully saturated rings. The second-order valence-electron chi connectivity index (χ2n) is 11.2. The summed E-state index contributed by atoms with van der Waals surface area (Å²) in [6, 6.07) is 24.9. The fourth-order valence-electron chi connectivity index (χ4n) is 6.50. The fraction of sp³-hybridized carbons (Fsp3) is 0.353. The Bertz CT molecular complexity index is 1830. The van der Waals surface area contributed by atoms with E-state index in [1.165, 1.54) is 31.6 Å². The van der Waals surface area contributed by atoms with Crippen LogP contribution in [0.25, 0.3) is 42.6 Å². The van der Waals surface area contributed by atoms with Crippen LogP contribution in [0.5, 0.6) is 0 Å². The van der Waals surface area contributed by atoms with Crippen molar-refractivity contribution in [1.29, 1.82) is 0 Å². The third-order valence-corrected chi connectivity index (χ3v) is 10.2. The predicted molar refractivity (Wildman–Crippen MR) is 183 cm³/mol. The Hall–Kier alpha value is -2.75. The van der Waals surface area contributed by atoms with Crippen molar-refractivity contribution in [3.8, 4) is 10.4 Å². The van der Waals surface area contributed by atoms with Crippen LogP contribution in [-0.2, 0) is 9.47 Å². The molecule has 0 atom stereocenters. The molecular formula is C34H36BrClN4O2S. The number of aromatic nitrogens is 4. The molecule has 6 nitrogen and oxygen atoms in total. The molecule has 2 saturated heterocycles. The summed E-state index contributed by atoms with van der Waals surface area (Å²) in [7, 11) is 0. The first kappa shape index (κ1) is 30.3. The van der Waals surface area contributed by atoms with Gasteiger partial charge in [-0.05, 0) is 92.9 Å². The molecule has 3 aromatic carbocycles. The van der Waals surface area contributed by atoms with Gasteiger partial charge in [0.05, 0.1) is 22.1 Å². The van der Waals surface area contributed by atoms with Gasteiger partial charge in [-0.15, -0.1) is 23.7 Å². The Morgan fingerprint density at radius 2 is 1.28 bits per heavy atom. The summed E-state index contributed by atoms with van der Waals surface area (Å²) in [5.74, 6) is 2.21. The number of fused-ring (bicyclic) bond motifs is 3. The highest BCUT2D eigenvalue weighted by atomic mass is 79.9. The standard InChI is InChI=1S/C21H20N2OS.C13H15BrN2O.ClH/c1-14-22-18-12-16(21-13-15-4-2-3-5-20(15)25-21)6-7-19(18)23(14)17-8-10-24-11-9-17;1-9-15-12-8-10(14)2-3-13(12)16(9)11-4-6-17-7-5-11;/h2-7,12-13,17H,8-11H2,1H3;2-3,8,11H,4-7H2,1H3;1H. The van der Waals surface area contributed by atoms with Gasteiger partial charge in [-0.2, -0.15) is 0 Å². The fourth-order valence-corrected chi connectivity index (χ4v) is 7.91. The first-order valence-electron chi connectivity index (χ1n) is 14.8. The molecule has 0 unspecified atom stereocenters. The second kappa shape index (κ2) is 13.1. The van der Waals surface area contributed by atoms with Crippen molar-refractivity contribution >= 4 is 71.8 Å². The molecule has 0 N–H and O–H groups in total. The van der Waals surface area contributed by atoms with Crippen molar-refractivity contribution < 1.29 is 9.47 Å². The second-order valence-corrected chi connectivity index (χ2v) is 13.2. The number of benzene rings is 3. The Labute approximate surface area is 270 Å². The van der Waals surface area contributed by atoms with E-state index in [9.17, 15) is 0 Å². The van der Waals surface area contributed by atoms with Crippen LogP contribution in [0.15, 0.2) is 71.2 Å². The van der Waals surface area contributed by atoms with Crippen LogP contribution in [0, 0.1) is 13.8 Å². The maximum atomic E-state index is 5.52. The first-order chi connectivity index (χ1) is 20.5. The van der Waals surface area contributed by atoms with E-state index in [0.29, 0.717) is 12.1 Å². The molecule has 8 rings (SSSR count). The number of thiophene rings is 1. The monoisotopic (exact) mass is 678 g/mol. The van der Waals surface area contributed by atoms with E-state index in [-0.39, 0.29) is 12.4 Å². The molecule has 3 aromatic heterocycles. The van der Waals surface area contributed by atoms with Crippen LogP contribution in [0.3, 0.4) is 0 Å². The zero-order valence-corrected chi connectivity index (χ0v) is 27.7. The maximum absolute atomic E-state index is 5.52. The average molecular weight is 680 g/mol. The van der Waals surface area contributed by atoms with Crippen LogP contribution < -0.4 is 0 Å². The van der Waals surface area contributed by atoms with Gasteiger partial charge in [-0.3, -0.25) is 0 Å². The molecule has 0 amide bonds. The zero-order valence-electron chi connectivity index (χ0n) is 24.5.